The van der Waals surface area contributed by atoms with Crippen LogP contribution in [0.5, 0.6) is 0 Å². The van der Waals surface area contributed by atoms with Crippen LogP contribution in [0.2, 0.25) is 0 Å². The molecule has 16 heavy (non-hydrogen) atoms. The van der Waals surface area contributed by atoms with Crippen molar-refractivity contribution in [1.29, 1.82) is 0 Å². The third kappa shape index (κ3) is 3.72. The summed E-state index contributed by atoms with van der Waals surface area (Å²) in [6.45, 7) is 13.3. The number of rotatable bonds is 6. The molecule has 1 rings (SSSR count). The minimum atomic E-state index is 0.409. The topological polar surface area (TPSA) is 24.5 Å². The lowest BCUT2D eigenvalue weighted by Crippen LogP contribution is -2.36. The summed E-state index contributed by atoms with van der Waals surface area (Å²) in [6.07, 6.45) is 0.828. The molecule has 1 fully saturated rings. The van der Waals surface area contributed by atoms with Gasteiger partial charge in [0.25, 0.3) is 0 Å². The molecule has 0 radical (unpaired) electrons. The van der Waals surface area contributed by atoms with Crippen LogP contribution < -0.4 is 5.32 Å². The number of hydrogen-bond acceptors (Lipinski definition) is 3. The predicted octanol–water partition coefficient (Wildman–Crippen LogP) is 1.59. The van der Waals surface area contributed by atoms with Gasteiger partial charge in [0.1, 0.15) is 0 Å². The SMILES string of the molecule is CCNCCN(C)CC1C(C)OC(C)C1C. The zero-order valence-corrected chi connectivity index (χ0v) is 11.5. The van der Waals surface area contributed by atoms with Crippen molar-refractivity contribution in [2.45, 2.75) is 39.9 Å². The molecule has 3 nitrogen and oxygen atoms in total. The van der Waals surface area contributed by atoms with E-state index in [0.29, 0.717) is 24.0 Å². The van der Waals surface area contributed by atoms with Crippen LogP contribution in [-0.2, 0) is 4.74 Å². The Kier molecular flexibility index (Phi) is 5.73. The molecule has 0 aromatic rings. The summed E-state index contributed by atoms with van der Waals surface area (Å²) < 4.78 is 5.87. The van der Waals surface area contributed by atoms with Gasteiger partial charge < -0.3 is 15.0 Å². The van der Waals surface area contributed by atoms with Crippen molar-refractivity contribution in [3.8, 4) is 0 Å². The average Bonchev–Trinajstić information content (AvgIpc) is 2.46. The minimum Gasteiger partial charge on any atom is -0.375 e. The summed E-state index contributed by atoms with van der Waals surface area (Å²) in [5.41, 5.74) is 0. The molecular weight excluding hydrogens is 200 g/mol. The Labute approximate surface area is 101 Å². The molecule has 1 N–H and O–H groups in total. The van der Waals surface area contributed by atoms with E-state index < -0.39 is 0 Å². The van der Waals surface area contributed by atoms with Crippen molar-refractivity contribution in [2.24, 2.45) is 11.8 Å². The number of nitrogens with one attached hydrogen (secondary N) is 1. The Morgan fingerprint density at radius 2 is 1.88 bits per heavy atom. The van der Waals surface area contributed by atoms with E-state index in [9.17, 15) is 0 Å². The van der Waals surface area contributed by atoms with E-state index in [2.05, 4.69) is 45.0 Å². The summed E-state index contributed by atoms with van der Waals surface area (Å²) in [4.78, 5) is 2.42. The first kappa shape index (κ1) is 13.9. The molecule has 0 amide bonds. The van der Waals surface area contributed by atoms with Crippen molar-refractivity contribution in [1.82, 2.24) is 10.2 Å². The van der Waals surface area contributed by atoms with Crippen molar-refractivity contribution < 1.29 is 4.74 Å². The maximum absolute atomic E-state index is 5.87. The third-order valence-corrected chi connectivity index (χ3v) is 3.89. The first-order chi connectivity index (χ1) is 7.56. The Hall–Kier alpha value is -0.120. The molecule has 0 saturated carbocycles. The molecule has 0 aromatic heterocycles. The standard InChI is InChI=1S/C13H28N2O/c1-6-14-7-8-15(5)9-13-10(2)11(3)16-12(13)4/h10-14H,6-9H2,1-5H3. The van der Waals surface area contributed by atoms with E-state index in [1.807, 2.05) is 0 Å². The number of ether oxygens (including phenoxy) is 1. The van der Waals surface area contributed by atoms with E-state index in [1.165, 1.54) is 0 Å². The van der Waals surface area contributed by atoms with Gasteiger partial charge >= 0.3 is 0 Å². The van der Waals surface area contributed by atoms with Gasteiger partial charge in [0, 0.05) is 25.6 Å². The molecule has 0 aliphatic carbocycles. The van der Waals surface area contributed by atoms with Gasteiger partial charge in [-0.1, -0.05) is 13.8 Å². The van der Waals surface area contributed by atoms with E-state index in [1.54, 1.807) is 0 Å². The van der Waals surface area contributed by atoms with Crippen molar-refractivity contribution in [3.63, 3.8) is 0 Å². The number of hydrogen-bond donors (Lipinski definition) is 1. The van der Waals surface area contributed by atoms with Crippen molar-refractivity contribution in [3.05, 3.63) is 0 Å². The van der Waals surface area contributed by atoms with Gasteiger partial charge in [-0.25, -0.2) is 0 Å². The summed E-state index contributed by atoms with van der Waals surface area (Å²) in [5.74, 6) is 1.36. The highest BCUT2D eigenvalue weighted by atomic mass is 16.5. The fourth-order valence-corrected chi connectivity index (χ4v) is 2.55. The molecule has 0 aromatic carbocycles. The zero-order valence-electron chi connectivity index (χ0n) is 11.5. The van der Waals surface area contributed by atoms with Gasteiger partial charge in [-0.05, 0) is 33.4 Å². The van der Waals surface area contributed by atoms with Crippen LogP contribution in [0.15, 0.2) is 0 Å². The van der Waals surface area contributed by atoms with Crippen LogP contribution in [-0.4, -0.2) is 50.3 Å². The Bertz CT molecular complexity index is 198. The summed E-state index contributed by atoms with van der Waals surface area (Å²) in [6, 6.07) is 0. The van der Waals surface area contributed by atoms with Gasteiger partial charge in [-0.15, -0.1) is 0 Å². The van der Waals surface area contributed by atoms with Crippen LogP contribution >= 0.6 is 0 Å². The Balaban J connectivity index is 2.29. The van der Waals surface area contributed by atoms with E-state index >= 15 is 0 Å². The minimum absolute atomic E-state index is 0.409. The summed E-state index contributed by atoms with van der Waals surface area (Å²) in [7, 11) is 2.21. The number of likely N-dealkylation sites (N-methyl/N-ethyl adjacent to an activating group) is 2. The smallest absolute Gasteiger partial charge is 0.0594 e. The van der Waals surface area contributed by atoms with Gasteiger partial charge in [0.05, 0.1) is 12.2 Å². The van der Waals surface area contributed by atoms with Crippen molar-refractivity contribution in [2.75, 3.05) is 33.2 Å². The monoisotopic (exact) mass is 228 g/mol. The average molecular weight is 228 g/mol. The van der Waals surface area contributed by atoms with E-state index in [0.717, 1.165) is 26.2 Å². The van der Waals surface area contributed by atoms with E-state index in [-0.39, 0.29) is 0 Å². The maximum Gasteiger partial charge on any atom is 0.0594 e. The lowest BCUT2D eigenvalue weighted by atomic mass is 9.89. The van der Waals surface area contributed by atoms with Crippen LogP contribution in [0.3, 0.4) is 0 Å². The van der Waals surface area contributed by atoms with Crippen LogP contribution in [0.25, 0.3) is 0 Å². The fourth-order valence-electron chi connectivity index (χ4n) is 2.55. The first-order valence-corrected chi connectivity index (χ1v) is 6.61. The number of nitrogens with zero attached hydrogens (tertiary/aromatic N) is 1. The third-order valence-electron chi connectivity index (χ3n) is 3.89. The normalized spacial score (nSPS) is 34.9. The first-order valence-electron chi connectivity index (χ1n) is 6.61. The largest absolute Gasteiger partial charge is 0.375 e. The Morgan fingerprint density at radius 3 is 2.38 bits per heavy atom. The van der Waals surface area contributed by atoms with Gasteiger partial charge in [-0.2, -0.15) is 0 Å². The lowest BCUT2D eigenvalue weighted by Gasteiger charge is -2.25. The second-order valence-electron chi connectivity index (χ2n) is 5.19. The van der Waals surface area contributed by atoms with Crippen LogP contribution in [0, 0.1) is 11.8 Å². The second kappa shape index (κ2) is 6.58. The molecule has 1 heterocycles. The lowest BCUT2D eigenvalue weighted by molar-refractivity contribution is 0.0482. The molecule has 4 atom stereocenters. The summed E-state index contributed by atoms with van der Waals surface area (Å²) in [5, 5.41) is 3.36. The van der Waals surface area contributed by atoms with Crippen molar-refractivity contribution >= 4 is 0 Å². The second-order valence-corrected chi connectivity index (χ2v) is 5.19. The zero-order chi connectivity index (χ0) is 12.1. The molecule has 0 spiro atoms. The highest BCUT2D eigenvalue weighted by Gasteiger charge is 2.36. The van der Waals surface area contributed by atoms with Crippen LogP contribution in [0.1, 0.15) is 27.7 Å². The van der Waals surface area contributed by atoms with Gasteiger partial charge in [-0.3, -0.25) is 0 Å². The molecule has 1 saturated heterocycles. The molecular formula is C13H28N2O. The van der Waals surface area contributed by atoms with Gasteiger partial charge in [0.2, 0.25) is 0 Å². The summed E-state index contributed by atoms with van der Waals surface area (Å²) >= 11 is 0. The highest BCUT2D eigenvalue weighted by molar-refractivity contribution is 4.85. The fraction of sp³-hybridized carbons (Fsp3) is 1.00. The molecule has 3 heteroatoms. The predicted molar refractivity (Wildman–Crippen MR) is 68.7 cm³/mol. The maximum atomic E-state index is 5.87. The molecule has 0 bridgehead atoms. The van der Waals surface area contributed by atoms with Crippen LogP contribution in [0.4, 0.5) is 0 Å². The van der Waals surface area contributed by atoms with Gasteiger partial charge in [0.15, 0.2) is 0 Å². The highest BCUT2D eigenvalue weighted by Crippen LogP contribution is 2.32. The quantitative estimate of drug-likeness (QED) is 0.699. The molecule has 4 unspecified atom stereocenters. The molecule has 1 aliphatic heterocycles. The molecule has 96 valence electrons. The van der Waals surface area contributed by atoms with E-state index in [4.69, 9.17) is 4.74 Å². The Morgan fingerprint density at radius 1 is 1.19 bits per heavy atom. The molecule has 1 aliphatic rings.